The van der Waals surface area contributed by atoms with E-state index in [4.69, 9.17) is 5.11 Å². The fourth-order valence-electron chi connectivity index (χ4n) is 1.63. The summed E-state index contributed by atoms with van der Waals surface area (Å²) in [5.41, 5.74) is 2.41. The van der Waals surface area contributed by atoms with Crippen LogP contribution >= 0.6 is 24.6 Å². The summed E-state index contributed by atoms with van der Waals surface area (Å²) in [6.07, 6.45) is -0.188. The molecule has 98 valence electrons. The molecule has 19 heavy (non-hydrogen) atoms. The second-order valence-electron chi connectivity index (χ2n) is 4.00. The highest BCUT2D eigenvalue weighted by Gasteiger charge is 2.00. The largest absolute Gasteiger partial charge is 0.464 e. The molecule has 3 nitrogen and oxygen atoms in total. The van der Waals surface area contributed by atoms with Crippen molar-refractivity contribution in [1.29, 1.82) is 0 Å². The van der Waals surface area contributed by atoms with Crippen LogP contribution in [0.3, 0.4) is 0 Å². The van der Waals surface area contributed by atoms with E-state index in [1.807, 2.05) is 36.4 Å². The molecule has 0 saturated heterocycles. The second kappa shape index (κ2) is 6.54. The molecule has 0 bridgehead atoms. The molecule has 2 rings (SSSR count). The van der Waals surface area contributed by atoms with E-state index in [-0.39, 0.29) is 0 Å². The Balaban J connectivity index is 1.98. The molecule has 1 amide bonds. The lowest BCUT2D eigenvalue weighted by Gasteiger charge is -2.04. The van der Waals surface area contributed by atoms with Crippen molar-refractivity contribution < 1.29 is 9.90 Å². The zero-order chi connectivity index (χ0) is 13.7. The molecule has 0 radical (unpaired) electrons. The fraction of sp³-hybridized carbons (Fsp3) is 0.0714. The smallest absolute Gasteiger partial charge is 0.415 e. The molecule has 0 fully saturated rings. The van der Waals surface area contributed by atoms with E-state index in [0.717, 1.165) is 28.2 Å². The lowest BCUT2D eigenvalue weighted by atomic mass is 10.1. The van der Waals surface area contributed by atoms with Gasteiger partial charge in [0.1, 0.15) is 0 Å². The van der Waals surface area contributed by atoms with Crippen molar-refractivity contribution in [1.82, 2.24) is 4.72 Å². The molecule has 2 N–H and O–H groups in total. The fourth-order valence-corrected chi connectivity index (χ4v) is 2.25. The Hall–Kier alpha value is -1.59. The van der Waals surface area contributed by atoms with Crippen molar-refractivity contribution in [3.05, 3.63) is 59.7 Å². The molecule has 0 spiro atoms. The number of thiol groups is 1. The van der Waals surface area contributed by atoms with Gasteiger partial charge in [0, 0.05) is 9.79 Å². The van der Waals surface area contributed by atoms with E-state index in [0.29, 0.717) is 0 Å². The van der Waals surface area contributed by atoms with Crippen LogP contribution in [0.5, 0.6) is 0 Å². The topological polar surface area (TPSA) is 49.3 Å². The summed E-state index contributed by atoms with van der Waals surface area (Å²) in [5.74, 6) is 0. The van der Waals surface area contributed by atoms with Gasteiger partial charge in [-0.15, -0.1) is 12.6 Å². The standard InChI is InChI=1S/C14H13NO2S2/c16-14(17)15-19-13-7-3-11(4-8-13)9-10-1-5-12(18)6-2-10/h1-8,15,18H,9H2,(H,16,17). The predicted molar refractivity (Wildman–Crippen MR) is 80.0 cm³/mol. The lowest BCUT2D eigenvalue weighted by molar-refractivity contribution is 0.202. The summed E-state index contributed by atoms with van der Waals surface area (Å²) in [4.78, 5) is 12.2. The van der Waals surface area contributed by atoms with E-state index in [1.165, 1.54) is 11.1 Å². The zero-order valence-electron chi connectivity index (χ0n) is 10.0. The highest BCUT2D eigenvalue weighted by atomic mass is 32.2. The Kier molecular flexibility index (Phi) is 4.76. The van der Waals surface area contributed by atoms with E-state index in [9.17, 15) is 4.79 Å². The summed E-state index contributed by atoms with van der Waals surface area (Å²) in [7, 11) is 0. The molecular weight excluding hydrogens is 278 g/mol. The van der Waals surface area contributed by atoms with Gasteiger partial charge in [-0.1, -0.05) is 24.3 Å². The predicted octanol–water partition coefficient (Wildman–Crippen LogP) is 3.84. The third-order valence-electron chi connectivity index (χ3n) is 2.52. The van der Waals surface area contributed by atoms with Gasteiger partial charge in [0.05, 0.1) is 0 Å². The number of benzene rings is 2. The highest BCUT2D eigenvalue weighted by molar-refractivity contribution is 7.98. The maximum Gasteiger partial charge on any atom is 0.415 e. The normalized spacial score (nSPS) is 10.2. The molecule has 0 saturated carbocycles. The minimum absolute atomic E-state index is 0.853. The summed E-state index contributed by atoms with van der Waals surface area (Å²) in [5, 5.41) is 8.51. The van der Waals surface area contributed by atoms with Crippen LogP contribution in [0.15, 0.2) is 58.3 Å². The van der Waals surface area contributed by atoms with E-state index in [1.54, 1.807) is 0 Å². The highest BCUT2D eigenvalue weighted by Crippen LogP contribution is 2.17. The van der Waals surface area contributed by atoms with Crippen molar-refractivity contribution in [2.75, 3.05) is 0 Å². The Morgan fingerprint density at radius 1 is 1.05 bits per heavy atom. The molecule has 0 aliphatic carbocycles. The number of carboxylic acid groups (broad SMARTS) is 1. The van der Waals surface area contributed by atoms with Crippen molar-refractivity contribution in [2.45, 2.75) is 16.2 Å². The van der Waals surface area contributed by atoms with Crippen LogP contribution in [-0.2, 0) is 6.42 Å². The van der Waals surface area contributed by atoms with Gasteiger partial charge >= 0.3 is 6.09 Å². The molecular formula is C14H13NO2S2. The molecule has 0 aromatic heterocycles. The average molecular weight is 291 g/mol. The summed E-state index contributed by atoms with van der Waals surface area (Å²) in [6, 6.07) is 15.9. The Bertz CT molecular complexity index is 553. The zero-order valence-corrected chi connectivity index (χ0v) is 11.7. The van der Waals surface area contributed by atoms with Crippen LogP contribution in [0, 0.1) is 0 Å². The molecule has 0 unspecified atom stereocenters. The third-order valence-corrected chi connectivity index (χ3v) is 3.61. The van der Waals surface area contributed by atoms with E-state index < -0.39 is 6.09 Å². The minimum Gasteiger partial charge on any atom is -0.464 e. The first-order valence-electron chi connectivity index (χ1n) is 5.66. The SMILES string of the molecule is O=C(O)NSc1ccc(Cc2ccc(S)cc2)cc1. The van der Waals surface area contributed by atoms with Crippen LogP contribution < -0.4 is 4.72 Å². The van der Waals surface area contributed by atoms with Crippen molar-refractivity contribution in [3.8, 4) is 0 Å². The molecule has 0 aliphatic rings. The van der Waals surface area contributed by atoms with Crippen molar-refractivity contribution in [3.63, 3.8) is 0 Å². The first-order valence-corrected chi connectivity index (χ1v) is 6.92. The Morgan fingerprint density at radius 3 is 2.11 bits per heavy atom. The minimum atomic E-state index is -1.04. The van der Waals surface area contributed by atoms with Gasteiger partial charge < -0.3 is 5.11 Å². The van der Waals surface area contributed by atoms with Crippen molar-refractivity contribution in [2.24, 2.45) is 0 Å². The van der Waals surface area contributed by atoms with Gasteiger partial charge in [0.15, 0.2) is 0 Å². The quantitative estimate of drug-likeness (QED) is 0.592. The van der Waals surface area contributed by atoms with Gasteiger partial charge in [0.2, 0.25) is 0 Å². The number of nitrogens with one attached hydrogen (secondary N) is 1. The first kappa shape index (κ1) is 13.8. The second-order valence-corrected chi connectivity index (χ2v) is 5.39. The average Bonchev–Trinajstić information content (AvgIpc) is 2.40. The molecule has 0 aliphatic heterocycles. The molecule has 0 atom stereocenters. The lowest BCUT2D eigenvalue weighted by Crippen LogP contribution is -2.11. The van der Waals surface area contributed by atoms with Crippen LogP contribution in [0.25, 0.3) is 0 Å². The number of amides is 1. The maximum absolute atomic E-state index is 10.4. The van der Waals surface area contributed by atoms with Crippen molar-refractivity contribution >= 4 is 30.7 Å². The summed E-state index contributed by atoms with van der Waals surface area (Å²) < 4.78 is 2.26. The maximum atomic E-state index is 10.4. The Morgan fingerprint density at radius 2 is 1.58 bits per heavy atom. The van der Waals surface area contributed by atoms with Gasteiger partial charge in [-0.05, 0) is 53.8 Å². The molecule has 2 aromatic carbocycles. The number of rotatable bonds is 4. The summed E-state index contributed by atoms with van der Waals surface area (Å²) >= 11 is 5.34. The summed E-state index contributed by atoms with van der Waals surface area (Å²) in [6.45, 7) is 0. The number of carbonyl (C=O) groups is 1. The van der Waals surface area contributed by atoms with Gasteiger partial charge in [-0.25, -0.2) is 4.79 Å². The molecule has 2 aromatic rings. The van der Waals surface area contributed by atoms with Crippen LogP contribution in [-0.4, -0.2) is 11.2 Å². The first-order chi connectivity index (χ1) is 9.13. The Labute approximate surface area is 121 Å². The van der Waals surface area contributed by atoms with Crippen LogP contribution in [0.4, 0.5) is 4.79 Å². The molecule has 0 heterocycles. The van der Waals surface area contributed by atoms with Crippen LogP contribution in [0.2, 0.25) is 0 Å². The van der Waals surface area contributed by atoms with Crippen LogP contribution in [0.1, 0.15) is 11.1 Å². The number of hydrogen-bond donors (Lipinski definition) is 3. The van der Waals surface area contributed by atoms with E-state index >= 15 is 0 Å². The third kappa shape index (κ3) is 4.54. The van der Waals surface area contributed by atoms with E-state index in [2.05, 4.69) is 29.5 Å². The monoisotopic (exact) mass is 291 g/mol. The van der Waals surface area contributed by atoms with Gasteiger partial charge in [-0.3, -0.25) is 4.72 Å². The van der Waals surface area contributed by atoms with Gasteiger partial charge in [0.25, 0.3) is 0 Å². The van der Waals surface area contributed by atoms with Gasteiger partial charge in [-0.2, -0.15) is 0 Å². The molecule has 5 heteroatoms. The number of hydrogen-bond acceptors (Lipinski definition) is 3.